The van der Waals surface area contributed by atoms with E-state index in [1.54, 1.807) is 6.07 Å². The van der Waals surface area contributed by atoms with Gasteiger partial charge in [0.2, 0.25) is 0 Å². The summed E-state index contributed by atoms with van der Waals surface area (Å²) in [5.74, 6) is -0.280. The highest BCUT2D eigenvalue weighted by Crippen LogP contribution is 2.23. The molecular formula is C19H21ClN2O3S. The normalized spacial score (nSPS) is 18.0. The van der Waals surface area contributed by atoms with E-state index in [0.717, 1.165) is 32.3 Å². The fraction of sp³-hybridized carbons (Fsp3) is 0.316. The Hall–Kier alpha value is -1.89. The van der Waals surface area contributed by atoms with Crippen LogP contribution in [0.15, 0.2) is 53.4 Å². The van der Waals surface area contributed by atoms with Crippen LogP contribution in [0, 0.1) is 0 Å². The van der Waals surface area contributed by atoms with Crippen molar-refractivity contribution in [3.8, 4) is 0 Å². The van der Waals surface area contributed by atoms with Gasteiger partial charge in [-0.1, -0.05) is 41.9 Å². The molecule has 0 aliphatic carbocycles. The third-order valence-corrected chi connectivity index (χ3v) is 6.03. The summed E-state index contributed by atoms with van der Waals surface area (Å²) in [6, 6.07) is 14.6. The van der Waals surface area contributed by atoms with Crippen molar-refractivity contribution in [2.45, 2.75) is 23.9 Å². The molecule has 1 heterocycles. The molecule has 1 fully saturated rings. The number of rotatable bonds is 5. The third-order valence-electron chi connectivity index (χ3n) is 4.45. The van der Waals surface area contributed by atoms with E-state index in [1.807, 2.05) is 18.2 Å². The molecule has 0 aromatic heterocycles. The third kappa shape index (κ3) is 4.63. The number of carbonyl (C=O) groups excluding carboxylic acids is 1. The summed E-state index contributed by atoms with van der Waals surface area (Å²) in [5, 5.41) is 3.11. The van der Waals surface area contributed by atoms with Crippen LogP contribution in [0.2, 0.25) is 5.02 Å². The average molecular weight is 393 g/mol. The van der Waals surface area contributed by atoms with Crippen LogP contribution in [-0.4, -0.2) is 44.6 Å². The molecule has 1 atom stereocenters. The summed E-state index contributed by atoms with van der Waals surface area (Å²) in [7, 11) is -3.48. The topological polar surface area (TPSA) is 66.5 Å². The van der Waals surface area contributed by atoms with Crippen molar-refractivity contribution in [3.05, 3.63) is 64.7 Å². The van der Waals surface area contributed by atoms with Crippen molar-refractivity contribution in [1.29, 1.82) is 0 Å². The zero-order chi connectivity index (χ0) is 18.7. The van der Waals surface area contributed by atoms with E-state index in [0.29, 0.717) is 5.56 Å². The first-order valence-electron chi connectivity index (χ1n) is 8.39. The summed E-state index contributed by atoms with van der Waals surface area (Å²) in [4.78, 5) is 14.8. The molecule has 1 saturated heterocycles. The SMILES string of the molecule is CS(=O)(=O)c1cc(C(=O)NC2CCN(Cc3ccccc3)C2)ccc1Cl. The lowest BCUT2D eigenvalue weighted by molar-refractivity contribution is 0.0937. The summed E-state index contributed by atoms with van der Waals surface area (Å²) in [6.45, 7) is 2.54. The van der Waals surface area contributed by atoms with Gasteiger partial charge in [-0.3, -0.25) is 9.69 Å². The molecule has 1 aliphatic heterocycles. The molecule has 1 amide bonds. The smallest absolute Gasteiger partial charge is 0.251 e. The van der Waals surface area contributed by atoms with Crippen molar-refractivity contribution in [3.63, 3.8) is 0 Å². The number of carbonyl (C=O) groups is 1. The summed E-state index contributed by atoms with van der Waals surface area (Å²) >= 11 is 5.93. The second kappa shape index (κ2) is 7.78. The molecule has 1 aliphatic rings. The summed E-state index contributed by atoms with van der Waals surface area (Å²) in [6.07, 6.45) is 1.94. The maximum atomic E-state index is 12.5. The van der Waals surface area contributed by atoms with Crippen molar-refractivity contribution in [1.82, 2.24) is 10.2 Å². The number of benzene rings is 2. The maximum Gasteiger partial charge on any atom is 0.251 e. The molecule has 26 heavy (non-hydrogen) atoms. The molecule has 7 heteroatoms. The average Bonchev–Trinajstić information content (AvgIpc) is 3.02. The number of amides is 1. The minimum Gasteiger partial charge on any atom is -0.348 e. The van der Waals surface area contributed by atoms with E-state index >= 15 is 0 Å². The lowest BCUT2D eigenvalue weighted by Crippen LogP contribution is -2.37. The first-order chi connectivity index (χ1) is 12.3. The van der Waals surface area contributed by atoms with E-state index in [2.05, 4.69) is 22.3 Å². The molecule has 0 radical (unpaired) electrons. The number of hydrogen-bond acceptors (Lipinski definition) is 4. The molecule has 1 unspecified atom stereocenters. The van der Waals surface area contributed by atoms with Gasteiger partial charge in [-0.2, -0.15) is 0 Å². The standard InChI is InChI=1S/C19H21ClN2O3S/c1-26(24,25)18-11-15(7-8-17(18)20)19(23)21-16-9-10-22(13-16)12-14-5-3-2-4-6-14/h2-8,11,16H,9-10,12-13H2,1H3,(H,21,23). The Morgan fingerprint density at radius 3 is 2.65 bits per heavy atom. The number of halogens is 1. The van der Waals surface area contributed by atoms with Gasteiger partial charge in [0.25, 0.3) is 5.91 Å². The minimum absolute atomic E-state index is 0.0241. The van der Waals surface area contributed by atoms with Crippen LogP contribution >= 0.6 is 11.6 Å². The van der Waals surface area contributed by atoms with E-state index in [4.69, 9.17) is 11.6 Å². The van der Waals surface area contributed by atoms with Crippen molar-refractivity contribution < 1.29 is 13.2 Å². The highest BCUT2D eigenvalue weighted by Gasteiger charge is 2.25. The van der Waals surface area contributed by atoms with Crippen molar-refractivity contribution in [2.24, 2.45) is 0 Å². The molecule has 3 rings (SSSR count). The van der Waals surface area contributed by atoms with Gasteiger partial charge in [-0.05, 0) is 30.2 Å². The molecule has 2 aromatic carbocycles. The van der Waals surface area contributed by atoms with Gasteiger partial charge in [0, 0.05) is 37.5 Å². The Kier molecular flexibility index (Phi) is 5.65. The molecule has 1 N–H and O–H groups in total. The predicted molar refractivity (Wildman–Crippen MR) is 102 cm³/mol. The largest absolute Gasteiger partial charge is 0.348 e. The highest BCUT2D eigenvalue weighted by molar-refractivity contribution is 7.90. The van der Waals surface area contributed by atoms with Gasteiger partial charge >= 0.3 is 0 Å². The van der Waals surface area contributed by atoms with Gasteiger partial charge < -0.3 is 5.32 Å². The molecule has 0 bridgehead atoms. The lowest BCUT2D eigenvalue weighted by atomic mass is 10.2. The Morgan fingerprint density at radius 1 is 1.23 bits per heavy atom. The maximum absolute atomic E-state index is 12.5. The molecule has 2 aromatic rings. The molecule has 5 nitrogen and oxygen atoms in total. The Morgan fingerprint density at radius 2 is 1.96 bits per heavy atom. The van der Waals surface area contributed by atoms with E-state index < -0.39 is 9.84 Å². The first-order valence-corrected chi connectivity index (χ1v) is 10.7. The number of sulfone groups is 1. The number of likely N-dealkylation sites (tertiary alicyclic amines) is 1. The van der Waals surface area contributed by atoms with Crippen LogP contribution in [0.5, 0.6) is 0 Å². The first kappa shape index (κ1) is 18.9. The fourth-order valence-corrected chi connectivity index (χ4v) is 4.43. The van der Waals surface area contributed by atoms with Gasteiger partial charge in [0.15, 0.2) is 9.84 Å². The van der Waals surface area contributed by atoms with Crippen LogP contribution in [-0.2, 0) is 16.4 Å². The number of nitrogens with one attached hydrogen (secondary N) is 1. The van der Waals surface area contributed by atoms with Gasteiger partial charge in [-0.15, -0.1) is 0 Å². The zero-order valence-electron chi connectivity index (χ0n) is 14.5. The second-order valence-electron chi connectivity index (χ2n) is 6.60. The van der Waals surface area contributed by atoms with Gasteiger partial charge in [0.1, 0.15) is 0 Å². The quantitative estimate of drug-likeness (QED) is 0.849. The summed E-state index contributed by atoms with van der Waals surface area (Å²) in [5.41, 5.74) is 1.55. The number of hydrogen-bond donors (Lipinski definition) is 1. The van der Waals surface area contributed by atoms with Crippen molar-refractivity contribution >= 4 is 27.3 Å². The van der Waals surface area contributed by atoms with Crippen LogP contribution in [0.25, 0.3) is 0 Å². The zero-order valence-corrected chi connectivity index (χ0v) is 16.1. The Labute approximate surface area is 158 Å². The van der Waals surface area contributed by atoms with Gasteiger partial charge in [0.05, 0.1) is 9.92 Å². The van der Waals surface area contributed by atoms with Gasteiger partial charge in [-0.25, -0.2) is 8.42 Å². The van der Waals surface area contributed by atoms with Crippen LogP contribution in [0.1, 0.15) is 22.3 Å². The monoisotopic (exact) mass is 392 g/mol. The van der Waals surface area contributed by atoms with Crippen LogP contribution < -0.4 is 5.32 Å². The summed E-state index contributed by atoms with van der Waals surface area (Å²) < 4.78 is 23.5. The lowest BCUT2D eigenvalue weighted by Gasteiger charge is -2.17. The van der Waals surface area contributed by atoms with E-state index in [1.165, 1.54) is 17.7 Å². The van der Waals surface area contributed by atoms with Crippen molar-refractivity contribution in [2.75, 3.05) is 19.3 Å². The Balaban J connectivity index is 1.62. The molecular weight excluding hydrogens is 372 g/mol. The van der Waals surface area contributed by atoms with E-state index in [9.17, 15) is 13.2 Å². The Bertz CT molecular complexity index is 900. The van der Waals surface area contributed by atoms with Crippen LogP contribution in [0.3, 0.4) is 0 Å². The van der Waals surface area contributed by atoms with Crippen LogP contribution in [0.4, 0.5) is 0 Å². The fourth-order valence-electron chi connectivity index (χ4n) is 3.13. The second-order valence-corrected chi connectivity index (χ2v) is 8.99. The van der Waals surface area contributed by atoms with E-state index in [-0.39, 0.29) is 21.9 Å². The highest BCUT2D eigenvalue weighted by atomic mass is 35.5. The predicted octanol–water partition coefficient (Wildman–Crippen LogP) is 2.75. The minimum atomic E-state index is -3.48. The molecule has 0 saturated carbocycles. The molecule has 138 valence electrons. The number of nitrogens with zero attached hydrogens (tertiary/aromatic N) is 1. The molecule has 0 spiro atoms.